The van der Waals surface area contributed by atoms with Crippen LogP contribution in [0.1, 0.15) is 27.3 Å². The molecule has 1 aromatic carbocycles. The molecule has 0 atom stereocenters. The highest BCUT2D eigenvalue weighted by Crippen LogP contribution is 2.36. The number of amides is 1. The van der Waals surface area contributed by atoms with Crippen molar-refractivity contribution >= 4 is 11.6 Å². The van der Waals surface area contributed by atoms with E-state index in [1.807, 2.05) is 0 Å². The minimum absolute atomic E-state index is 0.0411. The van der Waals surface area contributed by atoms with Gasteiger partial charge in [-0.25, -0.2) is 9.97 Å². The number of alkyl halides is 6. The monoisotopic (exact) mass is 414 g/mol. The van der Waals surface area contributed by atoms with Crippen LogP contribution in [0.25, 0.3) is 5.82 Å². The molecular weight excluding hydrogens is 402 g/mol. The van der Waals surface area contributed by atoms with Gasteiger partial charge in [0.1, 0.15) is 11.6 Å². The van der Waals surface area contributed by atoms with Crippen LogP contribution in [0.5, 0.6) is 0 Å². The van der Waals surface area contributed by atoms with Gasteiger partial charge in [0.2, 0.25) is 0 Å². The Morgan fingerprint density at radius 3 is 2.03 bits per heavy atom. The van der Waals surface area contributed by atoms with E-state index >= 15 is 0 Å². The normalized spacial score (nSPS) is 12.1. The third-order valence-electron chi connectivity index (χ3n) is 3.93. The molecule has 29 heavy (non-hydrogen) atoms. The topological polar surface area (TPSA) is 59.8 Å². The van der Waals surface area contributed by atoms with Crippen molar-refractivity contribution in [2.24, 2.45) is 0 Å². The maximum absolute atomic E-state index is 12.9. The zero-order valence-corrected chi connectivity index (χ0v) is 14.6. The van der Waals surface area contributed by atoms with E-state index in [0.717, 1.165) is 0 Å². The van der Waals surface area contributed by atoms with E-state index in [4.69, 9.17) is 0 Å². The van der Waals surface area contributed by atoms with Gasteiger partial charge in [0.15, 0.2) is 0 Å². The minimum atomic E-state index is -5.04. The number of pyridine rings is 1. The number of carbonyl (C=O) groups excluding carboxylic acids is 1. The van der Waals surface area contributed by atoms with E-state index in [9.17, 15) is 31.1 Å². The zero-order chi connectivity index (χ0) is 21.4. The minimum Gasteiger partial charge on any atom is -0.321 e. The second-order valence-electron chi connectivity index (χ2n) is 6.00. The molecule has 0 spiro atoms. The van der Waals surface area contributed by atoms with E-state index in [0.29, 0.717) is 23.8 Å². The molecule has 1 N–H and O–H groups in total. The van der Waals surface area contributed by atoms with E-state index < -0.39 is 35.0 Å². The Labute approximate surface area is 160 Å². The molecule has 0 saturated carbocycles. The van der Waals surface area contributed by atoms with Gasteiger partial charge >= 0.3 is 12.4 Å². The van der Waals surface area contributed by atoms with E-state index in [-0.39, 0.29) is 11.8 Å². The zero-order valence-electron chi connectivity index (χ0n) is 14.6. The van der Waals surface area contributed by atoms with Crippen LogP contribution in [0, 0.1) is 6.92 Å². The van der Waals surface area contributed by atoms with Crippen molar-refractivity contribution in [3.05, 3.63) is 71.4 Å². The van der Waals surface area contributed by atoms with Crippen LogP contribution in [0.4, 0.5) is 32.0 Å². The van der Waals surface area contributed by atoms with Crippen molar-refractivity contribution in [2.75, 3.05) is 5.32 Å². The number of nitrogens with one attached hydrogen (secondary N) is 1. The highest BCUT2D eigenvalue weighted by atomic mass is 19.4. The number of halogens is 6. The number of aromatic nitrogens is 3. The van der Waals surface area contributed by atoms with Crippen LogP contribution in [-0.4, -0.2) is 20.4 Å². The van der Waals surface area contributed by atoms with Crippen LogP contribution in [-0.2, 0) is 12.4 Å². The highest BCUT2D eigenvalue weighted by Gasteiger charge is 2.37. The highest BCUT2D eigenvalue weighted by molar-refractivity contribution is 6.04. The smallest absolute Gasteiger partial charge is 0.321 e. The Morgan fingerprint density at radius 1 is 0.966 bits per heavy atom. The molecule has 0 bridgehead atoms. The van der Waals surface area contributed by atoms with Crippen LogP contribution < -0.4 is 5.32 Å². The molecule has 0 saturated heterocycles. The van der Waals surface area contributed by atoms with Gasteiger partial charge in [0.25, 0.3) is 5.91 Å². The average Bonchev–Trinajstić information content (AvgIpc) is 3.06. The second kappa shape index (κ2) is 7.22. The lowest BCUT2D eigenvalue weighted by molar-refractivity contribution is -0.143. The molecule has 2 aromatic heterocycles. The van der Waals surface area contributed by atoms with Crippen LogP contribution in [0.2, 0.25) is 0 Å². The summed E-state index contributed by atoms with van der Waals surface area (Å²) < 4.78 is 79.2. The van der Waals surface area contributed by atoms with Gasteiger partial charge in [-0.15, -0.1) is 0 Å². The first-order chi connectivity index (χ1) is 13.4. The molecular formula is C18H12F6N4O. The predicted molar refractivity (Wildman–Crippen MR) is 90.5 cm³/mol. The molecule has 11 heteroatoms. The molecule has 0 radical (unpaired) electrons. The molecule has 2 heterocycles. The predicted octanol–water partition coefficient (Wildman–Crippen LogP) is 4.87. The Bertz CT molecular complexity index is 1010. The Kier molecular flexibility index (Phi) is 5.07. The first-order valence-corrected chi connectivity index (χ1v) is 8.02. The fraction of sp³-hybridized carbons (Fsp3) is 0.167. The maximum atomic E-state index is 12.9. The fourth-order valence-electron chi connectivity index (χ4n) is 2.51. The average molecular weight is 414 g/mol. The summed E-state index contributed by atoms with van der Waals surface area (Å²) in [5.41, 5.74) is -3.81. The van der Waals surface area contributed by atoms with E-state index in [1.54, 1.807) is 23.9 Å². The number of anilines is 1. The number of rotatable bonds is 3. The Hall–Kier alpha value is -3.37. The van der Waals surface area contributed by atoms with Crippen molar-refractivity contribution in [3.63, 3.8) is 0 Å². The molecule has 0 aliphatic heterocycles. The lowest BCUT2D eigenvalue weighted by Gasteiger charge is -2.14. The Morgan fingerprint density at radius 2 is 1.59 bits per heavy atom. The molecule has 5 nitrogen and oxygen atoms in total. The number of benzene rings is 1. The maximum Gasteiger partial charge on any atom is 0.416 e. The van der Waals surface area contributed by atoms with Crippen molar-refractivity contribution in [3.8, 4) is 5.82 Å². The van der Waals surface area contributed by atoms with Crippen LogP contribution >= 0.6 is 0 Å². The van der Waals surface area contributed by atoms with Gasteiger partial charge in [-0.2, -0.15) is 26.3 Å². The summed E-state index contributed by atoms with van der Waals surface area (Å²) in [6.07, 6.45) is -5.65. The van der Waals surface area contributed by atoms with Crippen LogP contribution in [0.15, 0.2) is 48.9 Å². The van der Waals surface area contributed by atoms with Gasteiger partial charge in [-0.1, -0.05) is 0 Å². The molecule has 152 valence electrons. The van der Waals surface area contributed by atoms with Gasteiger partial charge < -0.3 is 5.32 Å². The lowest BCUT2D eigenvalue weighted by atomic mass is 10.0. The lowest BCUT2D eigenvalue weighted by Crippen LogP contribution is -2.17. The molecule has 0 aliphatic rings. The third-order valence-corrected chi connectivity index (χ3v) is 3.93. The number of hydrogen-bond donors (Lipinski definition) is 1. The molecule has 0 fully saturated rings. The largest absolute Gasteiger partial charge is 0.416 e. The quantitative estimate of drug-likeness (QED) is 0.623. The van der Waals surface area contributed by atoms with Crippen molar-refractivity contribution in [1.82, 2.24) is 14.5 Å². The first-order valence-electron chi connectivity index (χ1n) is 8.02. The van der Waals surface area contributed by atoms with Crippen molar-refractivity contribution < 1.29 is 31.1 Å². The summed E-state index contributed by atoms with van der Waals surface area (Å²) in [6, 6.07) is 3.61. The Balaban J connectivity index is 1.88. The van der Waals surface area contributed by atoms with Gasteiger partial charge in [0.05, 0.1) is 23.0 Å². The van der Waals surface area contributed by atoms with Gasteiger partial charge in [-0.05, 0) is 37.3 Å². The fourth-order valence-corrected chi connectivity index (χ4v) is 2.51. The SMILES string of the molecule is Cc1nccn1-c1ccc(NC(=O)c2cc(C(F)(F)F)cc(C(F)(F)F)c2)cn1. The van der Waals surface area contributed by atoms with E-state index in [2.05, 4.69) is 15.3 Å². The second-order valence-corrected chi connectivity index (χ2v) is 6.00. The summed E-state index contributed by atoms with van der Waals surface area (Å²) in [5.74, 6) is -0.00989. The van der Waals surface area contributed by atoms with Gasteiger partial charge in [-0.3, -0.25) is 9.36 Å². The molecule has 3 rings (SSSR count). The van der Waals surface area contributed by atoms with E-state index in [1.165, 1.54) is 18.3 Å². The molecule has 1 amide bonds. The molecule has 0 unspecified atom stereocenters. The molecule has 3 aromatic rings. The van der Waals surface area contributed by atoms with Gasteiger partial charge in [0, 0.05) is 18.0 Å². The van der Waals surface area contributed by atoms with Crippen molar-refractivity contribution in [2.45, 2.75) is 19.3 Å². The summed E-state index contributed by atoms with van der Waals surface area (Å²) in [4.78, 5) is 20.4. The summed E-state index contributed by atoms with van der Waals surface area (Å²) in [7, 11) is 0. The summed E-state index contributed by atoms with van der Waals surface area (Å²) in [5, 5.41) is 2.24. The number of nitrogens with zero attached hydrogens (tertiary/aromatic N) is 3. The molecule has 0 aliphatic carbocycles. The summed E-state index contributed by atoms with van der Waals surface area (Å²) in [6.45, 7) is 1.74. The standard InChI is InChI=1S/C18H12F6N4O/c1-10-25-4-5-28(10)15-3-2-14(9-26-15)27-16(29)11-6-12(17(19,20)21)8-13(7-11)18(22,23)24/h2-9H,1H3,(H,27,29). The summed E-state index contributed by atoms with van der Waals surface area (Å²) >= 11 is 0. The third kappa shape index (κ3) is 4.55. The number of aryl methyl sites for hydroxylation is 1. The number of carbonyl (C=O) groups is 1. The van der Waals surface area contributed by atoms with Crippen molar-refractivity contribution in [1.29, 1.82) is 0 Å². The first kappa shape index (κ1) is 20.4. The van der Waals surface area contributed by atoms with Crippen LogP contribution in [0.3, 0.4) is 0 Å². The number of imidazole rings is 1. The number of hydrogen-bond acceptors (Lipinski definition) is 3.